The quantitative estimate of drug-likeness (QED) is 0.428. The van der Waals surface area contributed by atoms with Gasteiger partial charge < -0.3 is 15.7 Å². The number of benzene rings is 1. The van der Waals surface area contributed by atoms with Crippen molar-refractivity contribution in [3.05, 3.63) is 41.6 Å². The second kappa shape index (κ2) is 8.84. The van der Waals surface area contributed by atoms with Crippen molar-refractivity contribution in [2.45, 2.75) is 44.6 Å². The summed E-state index contributed by atoms with van der Waals surface area (Å²) in [4.78, 5) is 12.1. The predicted octanol–water partition coefficient (Wildman–Crippen LogP) is 2.38. The van der Waals surface area contributed by atoms with Crippen LogP contribution in [-0.4, -0.2) is 23.6 Å². The van der Waals surface area contributed by atoms with Gasteiger partial charge in [0.2, 0.25) is 0 Å². The highest BCUT2D eigenvalue weighted by Gasteiger charge is 2.17. The monoisotopic (exact) mass is 313 g/mol. The molecule has 2 rings (SSSR count). The van der Waals surface area contributed by atoms with Gasteiger partial charge in [0.1, 0.15) is 17.4 Å². The van der Waals surface area contributed by atoms with Crippen molar-refractivity contribution in [2.24, 2.45) is 0 Å². The van der Waals surface area contributed by atoms with E-state index >= 15 is 0 Å². The van der Waals surface area contributed by atoms with Crippen molar-refractivity contribution in [1.29, 1.82) is 5.26 Å². The molecule has 0 bridgehead atoms. The molecule has 0 aliphatic heterocycles. The van der Waals surface area contributed by atoms with Gasteiger partial charge in [-0.3, -0.25) is 4.79 Å². The van der Waals surface area contributed by atoms with Crippen LogP contribution < -0.4 is 10.6 Å². The molecule has 122 valence electrons. The average Bonchev–Trinajstić information content (AvgIpc) is 2.57. The van der Waals surface area contributed by atoms with Crippen LogP contribution in [0.4, 0.5) is 0 Å². The topological polar surface area (TPSA) is 85.2 Å². The number of carbonyl (C=O) groups excluding carboxylic acids is 1. The summed E-state index contributed by atoms with van der Waals surface area (Å²) in [5.74, 6) is -0.0516. The summed E-state index contributed by atoms with van der Waals surface area (Å²) in [5.41, 5.74) is 1.19. The highest BCUT2D eigenvalue weighted by atomic mass is 16.3. The molecule has 23 heavy (non-hydrogen) atoms. The molecule has 1 aliphatic rings. The lowest BCUT2D eigenvalue weighted by molar-refractivity contribution is -0.118. The molecule has 1 aromatic rings. The van der Waals surface area contributed by atoms with E-state index in [4.69, 9.17) is 5.26 Å². The third-order valence-electron chi connectivity index (χ3n) is 4.05. The van der Waals surface area contributed by atoms with Gasteiger partial charge in [-0.05, 0) is 37.0 Å². The van der Waals surface area contributed by atoms with Crippen LogP contribution in [0.25, 0.3) is 0 Å². The van der Waals surface area contributed by atoms with Gasteiger partial charge in [0.05, 0.1) is 0 Å². The van der Waals surface area contributed by atoms with E-state index < -0.39 is 0 Å². The average molecular weight is 313 g/mol. The van der Waals surface area contributed by atoms with E-state index in [1.807, 2.05) is 18.2 Å². The summed E-state index contributed by atoms with van der Waals surface area (Å²) in [7, 11) is 0. The largest absolute Gasteiger partial charge is 0.508 e. The van der Waals surface area contributed by atoms with Crippen LogP contribution in [-0.2, 0) is 11.2 Å². The molecule has 0 aromatic heterocycles. The van der Waals surface area contributed by atoms with Gasteiger partial charge >= 0.3 is 0 Å². The molecule has 0 radical (unpaired) electrons. The molecule has 1 amide bonds. The third-order valence-corrected chi connectivity index (χ3v) is 4.05. The molecule has 0 spiro atoms. The minimum atomic E-state index is -0.295. The first-order valence-corrected chi connectivity index (χ1v) is 8.11. The van der Waals surface area contributed by atoms with Crippen LogP contribution in [0.2, 0.25) is 0 Å². The number of rotatable bonds is 6. The summed E-state index contributed by atoms with van der Waals surface area (Å²) in [6.45, 7) is 0.618. The van der Waals surface area contributed by atoms with Crippen LogP contribution >= 0.6 is 0 Å². The number of nitrogens with zero attached hydrogens (tertiary/aromatic N) is 1. The molecule has 0 atom stereocenters. The maximum Gasteiger partial charge on any atom is 0.263 e. The number of amides is 1. The number of hydrogen-bond donors (Lipinski definition) is 3. The fourth-order valence-corrected chi connectivity index (χ4v) is 2.71. The second-order valence-corrected chi connectivity index (χ2v) is 5.85. The van der Waals surface area contributed by atoms with Crippen molar-refractivity contribution in [2.75, 3.05) is 6.54 Å². The third kappa shape index (κ3) is 5.67. The van der Waals surface area contributed by atoms with Crippen LogP contribution in [0, 0.1) is 11.3 Å². The molecule has 5 heteroatoms. The zero-order chi connectivity index (χ0) is 16.5. The molecular weight excluding hydrogens is 290 g/mol. The molecule has 1 aromatic carbocycles. The van der Waals surface area contributed by atoms with Gasteiger partial charge in [0.25, 0.3) is 5.91 Å². The fraction of sp³-hybridized carbons (Fsp3) is 0.444. The Morgan fingerprint density at radius 1 is 1.26 bits per heavy atom. The van der Waals surface area contributed by atoms with Gasteiger partial charge in [-0.15, -0.1) is 0 Å². The number of aromatic hydroxyl groups is 1. The smallest absolute Gasteiger partial charge is 0.263 e. The summed E-state index contributed by atoms with van der Waals surface area (Å²) >= 11 is 0. The summed E-state index contributed by atoms with van der Waals surface area (Å²) < 4.78 is 0. The van der Waals surface area contributed by atoms with Crippen LogP contribution in [0.3, 0.4) is 0 Å². The van der Waals surface area contributed by atoms with Crippen molar-refractivity contribution >= 4 is 5.91 Å². The highest BCUT2D eigenvalue weighted by Crippen LogP contribution is 2.17. The zero-order valence-corrected chi connectivity index (χ0v) is 13.2. The van der Waals surface area contributed by atoms with Crippen molar-refractivity contribution in [3.8, 4) is 11.8 Å². The number of hydrogen-bond acceptors (Lipinski definition) is 4. The molecule has 0 heterocycles. The van der Waals surface area contributed by atoms with E-state index in [1.54, 1.807) is 12.1 Å². The number of phenolic OH excluding ortho intramolecular Hbond substituents is 1. The van der Waals surface area contributed by atoms with Gasteiger partial charge in [0, 0.05) is 18.8 Å². The van der Waals surface area contributed by atoms with Crippen LogP contribution in [0.5, 0.6) is 5.75 Å². The number of nitriles is 1. The number of carbonyl (C=O) groups is 1. The number of nitrogens with one attached hydrogen (secondary N) is 2. The van der Waals surface area contributed by atoms with E-state index in [1.165, 1.54) is 12.6 Å². The lowest BCUT2D eigenvalue weighted by Gasteiger charge is -2.22. The first-order chi connectivity index (χ1) is 11.2. The van der Waals surface area contributed by atoms with Crippen LogP contribution in [0.15, 0.2) is 36.0 Å². The first kappa shape index (κ1) is 16.9. The fourth-order valence-electron chi connectivity index (χ4n) is 2.71. The normalized spacial score (nSPS) is 15.7. The summed E-state index contributed by atoms with van der Waals surface area (Å²) in [5, 5.41) is 24.3. The summed E-state index contributed by atoms with van der Waals surface area (Å²) in [6.07, 6.45) is 7.74. The zero-order valence-electron chi connectivity index (χ0n) is 13.2. The maximum atomic E-state index is 12.1. The Balaban J connectivity index is 1.77. The Bertz CT molecular complexity index is 581. The lowest BCUT2D eigenvalue weighted by Crippen LogP contribution is -2.37. The summed E-state index contributed by atoms with van der Waals surface area (Å²) in [6, 6.07) is 9.13. The Hall–Kier alpha value is -2.48. The number of phenols is 1. The van der Waals surface area contributed by atoms with Crippen LogP contribution in [0.1, 0.15) is 37.7 Å². The molecule has 0 unspecified atom stereocenters. The Labute approximate surface area is 137 Å². The SMILES string of the molecule is N#C/C(=C/NCCc1ccc(O)cc1)C(=O)NC1CCCCC1. The van der Waals surface area contributed by atoms with E-state index in [0.29, 0.717) is 6.54 Å². The molecule has 5 nitrogen and oxygen atoms in total. The maximum absolute atomic E-state index is 12.1. The van der Waals surface area contributed by atoms with Crippen molar-refractivity contribution in [3.63, 3.8) is 0 Å². The minimum absolute atomic E-state index is 0.112. The van der Waals surface area contributed by atoms with Crippen molar-refractivity contribution in [1.82, 2.24) is 10.6 Å². The molecule has 3 N–H and O–H groups in total. The van der Waals surface area contributed by atoms with Gasteiger partial charge in [0.15, 0.2) is 0 Å². The first-order valence-electron chi connectivity index (χ1n) is 8.11. The Morgan fingerprint density at radius 2 is 1.96 bits per heavy atom. The van der Waals surface area contributed by atoms with Gasteiger partial charge in [-0.25, -0.2) is 0 Å². The van der Waals surface area contributed by atoms with E-state index in [9.17, 15) is 9.90 Å². The van der Waals surface area contributed by atoms with E-state index in [-0.39, 0.29) is 23.3 Å². The van der Waals surface area contributed by atoms with Gasteiger partial charge in [-0.1, -0.05) is 31.4 Å². The molecule has 1 aliphatic carbocycles. The molecular formula is C18H23N3O2. The van der Waals surface area contributed by atoms with Crippen molar-refractivity contribution < 1.29 is 9.90 Å². The Kier molecular flexibility index (Phi) is 6.49. The molecule has 1 fully saturated rings. The predicted molar refractivity (Wildman–Crippen MR) is 88.5 cm³/mol. The minimum Gasteiger partial charge on any atom is -0.508 e. The van der Waals surface area contributed by atoms with Gasteiger partial charge in [-0.2, -0.15) is 5.26 Å². The second-order valence-electron chi connectivity index (χ2n) is 5.85. The molecule has 1 saturated carbocycles. The standard InChI is InChI=1S/C18H23N3O2/c19-12-15(18(23)21-16-4-2-1-3-5-16)13-20-11-10-14-6-8-17(22)9-7-14/h6-9,13,16,20,22H,1-5,10-11H2,(H,21,23)/b15-13-. The highest BCUT2D eigenvalue weighted by molar-refractivity contribution is 5.97. The van der Waals surface area contributed by atoms with E-state index in [2.05, 4.69) is 10.6 Å². The lowest BCUT2D eigenvalue weighted by atomic mass is 9.95. The Morgan fingerprint density at radius 3 is 2.61 bits per heavy atom. The van der Waals surface area contributed by atoms with E-state index in [0.717, 1.165) is 37.7 Å². The molecule has 0 saturated heterocycles.